The Kier molecular flexibility index (Phi) is 3.17. The lowest BCUT2D eigenvalue weighted by atomic mass is 10.3. The lowest BCUT2D eigenvalue weighted by molar-refractivity contribution is -0.146. The zero-order valence-corrected chi connectivity index (χ0v) is 9.11. The van der Waals surface area contributed by atoms with E-state index in [9.17, 15) is 4.39 Å². The SMILES string of the molecule is COC(OC)C(F)c1nc2ccccc2[nH]1. The topological polar surface area (TPSA) is 47.1 Å². The molecular formula is C11H13FN2O2. The van der Waals surface area contributed by atoms with E-state index in [1.807, 2.05) is 24.3 Å². The summed E-state index contributed by atoms with van der Waals surface area (Å²) in [5.41, 5.74) is 1.53. The standard InChI is InChI=1S/C11H13FN2O2/c1-15-11(16-2)9(12)10-13-7-5-3-4-6-8(7)14-10/h3-6,9,11H,1-2H3,(H,13,14). The van der Waals surface area contributed by atoms with Crippen LogP contribution in [0.4, 0.5) is 4.39 Å². The van der Waals surface area contributed by atoms with Gasteiger partial charge in [0.1, 0.15) is 5.82 Å². The van der Waals surface area contributed by atoms with E-state index in [4.69, 9.17) is 9.47 Å². The maximum Gasteiger partial charge on any atom is 0.208 e. The number of nitrogens with zero attached hydrogens (tertiary/aromatic N) is 1. The third-order valence-electron chi connectivity index (χ3n) is 2.37. The highest BCUT2D eigenvalue weighted by atomic mass is 19.1. The molecule has 1 heterocycles. The summed E-state index contributed by atoms with van der Waals surface area (Å²) in [4.78, 5) is 7.04. The van der Waals surface area contributed by atoms with E-state index in [0.717, 1.165) is 11.0 Å². The molecule has 86 valence electrons. The second-order valence-electron chi connectivity index (χ2n) is 3.38. The number of methoxy groups -OCH3 is 2. The minimum Gasteiger partial charge on any atom is -0.353 e. The van der Waals surface area contributed by atoms with Gasteiger partial charge in [-0.25, -0.2) is 9.37 Å². The lowest BCUT2D eigenvalue weighted by Crippen LogP contribution is -2.20. The van der Waals surface area contributed by atoms with Crippen molar-refractivity contribution in [1.29, 1.82) is 0 Å². The minimum atomic E-state index is -1.43. The number of benzene rings is 1. The molecule has 0 bridgehead atoms. The van der Waals surface area contributed by atoms with E-state index in [1.54, 1.807) is 0 Å². The average Bonchev–Trinajstić information content (AvgIpc) is 2.74. The van der Waals surface area contributed by atoms with Crippen molar-refractivity contribution in [2.24, 2.45) is 0 Å². The molecule has 0 radical (unpaired) electrons. The molecule has 1 atom stereocenters. The number of aromatic nitrogens is 2. The van der Waals surface area contributed by atoms with E-state index >= 15 is 0 Å². The van der Waals surface area contributed by atoms with Gasteiger partial charge in [-0.15, -0.1) is 0 Å². The predicted octanol–water partition coefficient (Wildman–Crippen LogP) is 2.19. The Morgan fingerprint density at radius 1 is 1.25 bits per heavy atom. The third kappa shape index (κ3) is 1.91. The lowest BCUT2D eigenvalue weighted by Gasteiger charge is -2.15. The minimum absolute atomic E-state index is 0.218. The molecule has 0 saturated heterocycles. The maximum atomic E-state index is 13.9. The first-order chi connectivity index (χ1) is 7.76. The van der Waals surface area contributed by atoms with Crippen molar-refractivity contribution in [2.45, 2.75) is 12.5 Å². The van der Waals surface area contributed by atoms with Gasteiger partial charge in [-0.1, -0.05) is 12.1 Å². The monoisotopic (exact) mass is 224 g/mol. The number of ether oxygens (including phenoxy) is 2. The first-order valence-corrected chi connectivity index (χ1v) is 4.90. The second-order valence-corrected chi connectivity index (χ2v) is 3.38. The summed E-state index contributed by atoms with van der Waals surface area (Å²) >= 11 is 0. The van der Waals surface area contributed by atoms with Gasteiger partial charge >= 0.3 is 0 Å². The van der Waals surface area contributed by atoms with Gasteiger partial charge in [0, 0.05) is 14.2 Å². The van der Waals surface area contributed by atoms with Crippen LogP contribution < -0.4 is 0 Å². The average molecular weight is 224 g/mol. The molecule has 1 unspecified atom stereocenters. The summed E-state index contributed by atoms with van der Waals surface area (Å²) in [6, 6.07) is 7.37. The van der Waals surface area contributed by atoms with Crippen LogP contribution in [0, 0.1) is 0 Å². The number of hydrogen-bond acceptors (Lipinski definition) is 3. The van der Waals surface area contributed by atoms with Gasteiger partial charge in [-0.2, -0.15) is 0 Å². The Hall–Kier alpha value is -1.46. The second kappa shape index (κ2) is 4.59. The largest absolute Gasteiger partial charge is 0.353 e. The zero-order chi connectivity index (χ0) is 11.5. The van der Waals surface area contributed by atoms with Gasteiger partial charge in [0.2, 0.25) is 6.17 Å². The first kappa shape index (κ1) is 11.0. The molecule has 0 fully saturated rings. The van der Waals surface area contributed by atoms with Crippen LogP contribution >= 0.6 is 0 Å². The van der Waals surface area contributed by atoms with Crippen molar-refractivity contribution in [3.63, 3.8) is 0 Å². The molecule has 0 saturated carbocycles. The fourth-order valence-corrected chi connectivity index (χ4v) is 1.57. The maximum absolute atomic E-state index is 13.9. The van der Waals surface area contributed by atoms with Crippen LogP contribution in [0.15, 0.2) is 24.3 Å². The van der Waals surface area contributed by atoms with Gasteiger partial charge in [0.15, 0.2) is 6.29 Å². The molecule has 1 aromatic carbocycles. The van der Waals surface area contributed by atoms with Gasteiger partial charge in [0.25, 0.3) is 0 Å². The van der Waals surface area contributed by atoms with Crippen LogP contribution in [0.25, 0.3) is 11.0 Å². The Labute approximate surface area is 92.4 Å². The van der Waals surface area contributed by atoms with E-state index in [-0.39, 0.29) is 5.82 Å². The normalized spacial score (nSPS) is 13.5. The van der Waals surface area contributed by atoms with E-state index < -0.39 is 12.5 Å². The van der Waals surface area contributed by atoms with E-state index in [2.05, 4.69) is 9.97 Å². The molecule has 5 heteroatoms. The number of aromatic amines is 1. The Morgan fingerprint density at radius 2 is 1.94 bits per heavy atom. The summed E-state index contributed by atoms with van der Waals surface area (Å²) in [6.07, 6.45) is -2.37. The molecule has 1 aromatic heterocycles. The Morgan fingerprint density at radius 3 is 2.56 bits per heavy atom. The summed E-state index contributed by atoms with van der Waals surface area (Å²) in [7, 11) is 2.78. The first-order valence-electron chi connectivity index (χ1n) is 4.90. The molecule has 2 rings (SSSR count). The van der Waals surface area contributed by atoms with Crippen molar-refractivity contribution >= 4 is 11.0 Å². The summed E-state index contributed by atoms with van der Waals surface area (Å²) in [5.74, 6) is 0.218. The van der Waals surface area contributed by atoms with Crippen molar-refractivity contribution < 1.29 is 13.9 Å². The van der Waals surface area contributed by atoms with E-state index in [0.29, 0.717) is 0 Å². The zero-order valence-electron chi connectivity index (χ0n) is 9.11. The number of alkyl halides is 1. The molecular weight excluding hydrogens is 211 g/mol. The summed E-state index contributed by atoms with van der Waals surface area (Å²) in [5, 5.41) is 0. The Bertz CT molecular complexity index is 435. The van der Waals surface area contributed by atoms with Crippen molar-refractivity contribution in [3.05, 3.63) is 30.1 Å². The number of hydrogen-bond donors (Lipinski definition) is 1. The summed E-state index contributed by atoms with van der Waals surface area (Å²) in [6.45, 7) is 0. The molecule has 0 amide bonds. The van der Waals surface area contributed by atoms with Gasteiger partial charge in [0.05, 0.1) is 11.0 Å². The number of imidazole rings is 1. The molecule has 0 aliphatic rings. The highest BCUT2D eigenvalue weighted by Crippen LogP contribution is 2.23. The van der Waals surface area contributed by atoms with Crippen LogP contribution in [0.5, 0.6) is 0 Å². The van der Waals surface area contributed by atoms with Gasteiger partial charge < -0.3 is 14.5 Å². The number of rotatable bonds is 4. The Balaban J connectivity index is 2.32. The van der Waals surface area contributed by atoms with Crippen molar-refractivity contribution in [1.82, 2.24) is 9.97 Å². The van der Waals surface area contributed by atoms with Crippen LogP contribution in [0.2, 0.25) is 0 Å². The van der Waals surface area contributed by atoms with Crippen LogP contribution in [-0.4, -0.2) is 30.5 Å². The number of para-hydroxylation sites is 2. The van der Waals surface area contributed by atoms with Crippen molar-refractivity contribution in [3.8, 4) is 0 Å². The number of H-pyrrole nitrogens is 1. The predicted molar refractivity (Wildman–Crippen MR) is 57.7 cm³/mol. The molecule has 1 N–H and O–H groups in total. The smallest absolute Gasteiger partial charge is 0.208 e. The van der Waals surface area contributed by atoms with E-state index in [1.165, 1.54) is 14.2 Å². The highest BCUT2D eigenvalue weighted by Gasteiger charge is 2.25. The molecule has 0 aliphatic carbocycles. The molecule has 0 aliphatic heterocycles. The molecule has 2 aromatic rings. The van der Waals surface area contributed by atoms with Crippen LogP contribution in [0.3, 0.4) is 0 Å². The van der Waals surface area contributed by atoms with Crippen molar-refractivity contribution in [2.75, 3.05) is 14.2 Å². The molecule has 4 nitrogen and oxygen atoms in total. The van der Waals surface area contributed by atoms with Crippen LogP contribution in [-0.2, 0) is 9.47 Å². The fourth-order valence-electron chi connectivity index (χ4n) is 1.57. The van der Waals surface area contributed by atoms with Gasteiger partial charge in [-0.3, -0.25) is 0 Å². The summed E-state index contributed by atoms with van der Waals surface area (Å²) < 4.78 is 23.6. The quantitative estimate of drug-likeness (QED) is 0.810. The fraction of sp³-hybridized carbons (Fsp3) is 0.364. The molecule has 0 spiro atoms. The number of halogens is 1. The number of fused-ring (bicyclic) bond motifs is 1. The molecule has 16 heavy (non-hydrogen) atoms. The van der Waals surface area contributed by atoms with Crippen LogP contribution in [0.1, 0.15) is 12.0 Å². The highest BCUT2D eigenvalue weighted by molar-refractivity contribution is 5.74. The van der Waals surface area contributed by atoms with Gasteiger partial charge in [-0.05, 0) is 12.1 Å². The third-order valence-corrected chi connectivity index (χ3v) is 2.37. The number of nitrogens with one attached hydrogen (secondary N) is 1.